The summed E-state index contributed by atoms with van der Waals surface area (Å²) in [6, 6.07) is 19.7. The monoisotopic (exact) mass is 516 g/mol. The number of nitrogens with one attached hydrogen (secondary N) is 1. The molecule has 0 radical (unpaired) electrons. The van der Waals surface area contributed by atoms with Crippen molar-refractivity contribution in [2.45, 2.75) is 24.1 Å². The molecule has 1 amide bonds. The first kappa shape index (κ1) is 21.9. The van der Waals surface area contributed by atoms with E-state index in [9.17, 15) is 13.2 Å². The summed E-state index contributed by atoms with van der Waals surface area (Å²) in [7, 11) is -3.67. The molecule has 1 fully saturated rings. The fourth-order valence-corrected chi connectivity index (χ4v) is 5.87. The summed E-state index contributed by atoms with van der Waals surface area (Å²) in [5.41, 5.74) is 4.61. The quantitative estimate of drug-likeness (QED) is 0.476. The summed E-state index contributed by atoms with van der Waals surface area (Å²) in [6.45, 7) is 4.08. The third kappa shape index (κ3) is 4.66. The molecule has 0 unspecified atom stereocenters. The minimum absolute atomic E-state index is 0.0678. The van der Waals surface area contributed by atoms with Crippen LogP contribution >= 0.6 is 27.7 Å². The van der Waals surface area contributed by atoms with Crippen molar-refractivity contribution in [3.63, 3.8) is 0 Å². The molecule has 0 aromatic heterocycles. The highest BCUT2D eigenvalue weighted by Gasteiger charge is 2.34. The summed E-state index contributed by atoms with van der Waals surface area (Å²) in [5.74, 6) is 0.480. The van der Waals surface area contributed by atoms with Gasteiger partial charge in [-0.1, -0.05) is 34.1 Å². The standard InChI is InChI=1S/C23H21BrN2O3S2/c1-15-3-10-20(13-16(15)2)26-22(27)14-30-23(26)17-4-8-19(9-5-17)25-31(28,29)21-11-6-18(24)7-12-21/h3-13,23,25H,14H2,1-2H3/t23-/m1/s1. The van der Waals surface area contributed by atoms with E-state index in [0.717, 1.165) is 21.3 Å². The van der Waals surface area contributed by atoms with Gasteiger partial charge in [0, 0.05) is 15.8 Å². The molecule has 1 saturated heterocycles. The SMILES string of the molecule is Cc1ccc(N2C(=O)CS[C@@H]2c2ccc(NS(=O)(=O)c3ccc(Br)cc3)cc2)cc1C. The minimum Gasteiger partial charge on any atom is -0.295 e. The summed E-state index contributed by atoms with van der Waals surface area (Å²) in [4.78, 5) is 14.6. The average Bonchev–Trinajstić information content (AvgIpc) is 3.12. The van der Waals surface area contributed by atoms with Crippen molar-refractivity contribution in [3.8, 4) is 0 Å². The lowest BCUT2D eigenvalue weighted by Crippen LogP contribution is -2.27. The first-order valence-corrected chi connectivity index (χ1v) is 13.0. The van der Waals surface area contributed by atoms with Crippen molar-refractivity contribution in [1.29, 1.82) is 0 Å². The highest BCUT2D eigenvalue weighted by molar-refractivity contribution is 9.10. The number of carbonyl (C=O) groups excluding carboxylic acids is 1. The van der Waals surface area contributed by atoms with Gasteiger partial charge in [0.15, 0.2) is 0 Å². The molecule has 3 aromatic rings. The number of nitrogens with zero attached hydrogens (tertiary/aromatic N) is 1. The largest absolute Gasteiger partial charge is 0.295 e. The Balaban J connectivity index is 1.56. The van der Waals surface area contributed by atoms with E-state index in [-0.39, 0.29) is 16.2 Å². The van der Waals surface area contributed by atoms with Gasteiger partial charge in [-0.2, -0.15) is 0 Å². The summed E-state index contributed by atoms with van der Waals surface area (Å²) < 4.78 is 28.6. The van der Waals surface area contributed by atoms with Gasteiger partial charge in [-0.05, 0) is 79.1 Å². The van der Waals surface area contributed by atoms with Crippen molar-refractivity contribution in [1.82, 2.24) is 0 Å². The Morgan fingerprint density at radius 3 is 2.29 bits per heavy atom. The number of amides is 1. The summed E-state index contributed by atoms with van der Waals surface area (Å²) in [6.07, 6.45) is 0. The molecule has 0 aliphatic carbocycles. The number of carbonyl (C=O) groups is 1. The molecule has 160 valence electrons. The highest BCUT2D eigenvalue weighted by atomic mass is 79.9. The minimum atomic E-state index is -3.67. The molecule has 5 nitrogen and oxygen atoms in total. The van der Waals surface area contributed by atoms with Crippen molar-refractivity contribution in [2.24, 2.45) is 0 Å². The Bertz CT molecular complexity index is 1230. The zero-order chi connectivity index (χ0) is 22.2. The molecule has 31 heavy (non-hydrogen) atoms. The number of rotatable bonds is 5. The topological polar surface area (TPSA) is 66.5 Å². The van der Waals surface area contributed by atoms with Gasteiger partial charge in [0.1, 0.15) is 5.37 Å². The van der Waals surface area contributed by atoms with Crippen LogP contribution in [0.1, 0.15) is 22.1 Å². The highest BCUT2D eigenvalue weighted by Crippen LogP contribution is 2.42. The maximum absolute atomic E-state index is 12.6. The maximum atomic E-state index is 12.6. The zero-order valence-corrected chi connectivity index (χ0v) is 20.2. The van der Waals surface area contributed by atoms with Crippen LogP contribution in [0, 0.1) is 13.8 Å². The van der Waals surface area contributed by atoms with Crippen LogP contribution in [-0.4, -0.2) is 20.1 Å². The molecule has 3 aromatic carbocycles. The van der Waals surface area contributed by atoms with E-state index in [0.29, 0.717) is 11.4 Å². The van der Waals surface area contributed by atoms with E-state index >= 15 is 0 Å². The molecule has 1 atom stereocenters. The van der Waals surface area contributed by atoms with Gasteiger partial charge in [0.05, 0.1) is 10.6 Å². The first-order valence-electron chi connectivity index (χ1n) is 9.64. The predicted octanol–water partition coefficient (Wildman–Crippen LogP) is 5.65. The number of aryl methyl sites for hydroxylation is 2. The Morgan fingerprint density at radius 1 is 0.968 bits per heavy atom. The molecule has 1 heterocycles. The van der Waals surface area contributed by atoms with Crippen LogP contribution in [0.5, 0.6) is 0 Å². The van der Waals surface area contributed by atoms with Crippen molar-refractivity contribution < 1.29 is 13.2 Å². The van der Waals surface area contributed by atoms with Gasteiger partial charge in [0.25, 0.3) is 10.0 Å². The smallest absolute Gasteiger partial charge is 0.261 e. The van der Waals surface area contributed by atoms with Gasteiger partial charge < -0.3 is 0 Å². The number of benzene rings is 3. The van der Waals surface area contributed by atoms with Crippen LogP contribution in [0.2, 0.25) is 0 Å². The summed E-state index contributed by atoms with van der Waals surface area (Å²) in [5, 5.41) is -0.147. The van der Waals surface area contributed by atoms with E-state index in [1.165, 1.54) is 5.56 Å². The van der Waals surface area contributed by atoms with E-state index < -0.39 is 10.0 Å². The van der Waals surface area contributed by atoms with Crippen LogP contribution in [0.15, 0.2) is 76.1 Å². The third-order valence-corrected chi connectivity index (χ3v) is 8.35. The number of thioether (sulfide) groups is 1. The van der Waals surface area contributed by atoms with Crippen LogP contribution in [-0.2, 0) is 14.8 Å². The zero-order valence-electron chi connectivity index (χ0n) is 17.0. The Labute approximate surface area is 195 Å². The Morgan fingerprint density at radius 2 is 1.65 bits per heavy atom. The second-order valence-electron chi connectivity index (χ2n) is 7.38. The number of halogens is 1. The maximum Gasteiger partial charge on any atom is 0.261 e. The van der Waals surface area contributed by atoms with E-state index in [4.69, 9.17) is 0 Å². The van der Waals surface area contributed by atoms with Gasteiger partial charge in [-0.25, -0.2) is 8.42 Å². The van der Waals surface area contributed by atoms with Gasteiger partial charge in [0.2, 0.25) is 5.91 Å². The van der Waals surface area contributed by atoms with E-state index in [1.54, 1.807) is 48.2 Å². The lowest BCUT2D eigenvalue weighted by atomic mass is 10.1. The average molecular weight is 517 g/mol. The van der Waals surface area contributed by atoms with Crippen LogP contribution in [0.25, 0.3) is 0 Å². The molecular weight excluding hydrogens is 496 g/mol. The molecule has 0 spiro atoms. The fraction of sp³-hybridized carbons (Fsp3) is 0.174. The van der Waals surface area contributed by atoms with Gasteiger partial charge >= 0.3 is 0 Å². The van der Waals surface area contributed by atoms with Gasteiger partial charge in [-0.15, -0.1) is 11.8 Å². The second kappa shape index (κ2) is 8.68. The molecule has 0 bridgehead atoms. The predicted molar refractivity (Wildman–Crippen MR) is 130 cm³/mol. The molecule has 8 heteroatoms. The molecule has 0 saturated carbocycles. The van der Waals surface area contributed by atoms with E-state index in [2.05, 4.69) is 20.7 Å². The van der Waals surface area contributed by atoms with Crippen molar-refractivity contribution >= 4 is 55.0 Å². The number of hydrogen-bond acceptors (Lipinski definition) is 4. The molecule has 4 rings (SSSR count). The lowest BCUT2D eigenvalue weighted by Gasteiger charge is -2.25. The lowest BCUT2D eigenvalue weighted by molar-refractivity contribution is -0.115. The van der Waals surface area contributed by atoms with Gasteiger partial charge in [-0.3, -0.25) is 14.4 Å². The Kier molecular flexibility index (Phi) is 6.14. The van der Waals surface area contributed by atoms with Crippen molar-refractivity contribution in [2.75, 3.05) is 15.4 Å². The third-order valence-electron chi connectivity index (χ3n) is 5.21. The van der Waals surface area contributed by atoms with Crippen LogP contribution in [0.3, 0.4) is 0 Å². The first-order chi connectivity index (χ1) is 14.7. The van der Waals surface area contributed by atoms with Crippen molar-refractivity contribution in [3.05, 3.63) is 87.9 Å². The van der Waals surface area contributed by atoms with Crippen LogP contribution < -0.4 is 9.62 Å². The summed E-state index contributed by atoms with van der Waals surface area (Å²) >= 11 is 4.87. The molecule has 1 aliphatic heterocycles. The molecule has 1 N–H and O–H groups in total. The second-order valence-corrected chi connectivity index (χ2v) is 11.0. The number of sulfonamides is 1. The molecule has 1 aliphatic rings. The number of hydrogen-bond donors (Lipinski definition) is 1. The van der Waals surface area contributed by atoms with E-state index in [1.807, 2.05) is 49.1 Å². The normalized spacial score (nSPS) is 16.5. The van der Waals surface area contributed by atoms with Crippen LogP contribution in [0.4, 0.5) is 11.4 Å². The fourth-order valence-electron chi connectivity index (χ4n) is 3.37. The number of anilines is 2. The molecular formula is C23H21BrN2O3S2. The Hall–Kier alpha value is -2.29.